The molecule has 0 aromatic heterocycles. The van der Waals surface area contributed by atoms with E-state index in [0.717, 1.165) is 6.42 Å². The molecule has 0 rings (SSSR count). The lowest BCUT2D eigenvalue weighted by molar-refractivity contribution is -0.123. The van der Waals surface area contributed by atoms with Crippen molar-refractivity contribution in [3.63, 3.8) is 0 Å². The van der Waals surface area contributed by atoms with Gasteiger partial charge in [-0.15, -0.1) is 0 Å². The Morgan fingerprint density at radius 2 is 2.00 bits per heavy atom. The zero-order chi connectivity index (χ0) is 12.0. The summed E-state index contributed by atoms with van der Waals surface area (Å²) in [6, 6.07) is -0.465. The first-order valence-corrected chi connectivity index (χ1v) is 6.87. The third-order valence-electron chi connectivity index (χ3n) is 2.69. The van der Waals surface area contributed by atoms with Gasteiger partial charge in [0.25, 0.3) is 0 Å². The molecule has 3 N–H and O–H groups in total. The average Bonchev–Trinajstić information content (AvgIpc) is 2.22. The molecule has 0 aromatic carbocycles. The van der Waals surface area contributed by atoms with Gasteiger partial charge in [-0.3, -0.25) is 9.00 Å². The Morgan fingerprint density at radius 3 is 2.40 bits per heavy atom. The van der Waals surface area contributed by atoms with E-state index in [1.54, 1.807) is 6.26 Å². The van der Waals surface area contributed by atoms with Crippen molar-refractivity contribution in [2.24, 2.45) is 11.7 Å². The Balaban J connectivity index is 3.98. The van der Waals surface area contributed by atoms with Gasteiger partial charge < -0.3 is 11.1 Å². The van der Waals surface area contributed by atoms with Crippen LogP contribution >= 0.6 is 0 Å². The van der Waals surface area contributed by atoms with Crippen LogP contribution in [0.4, 0.5) is 0 Å². The Morgan fingerprint density at radius 1 is 1.47 bits per heavy atom. The van der Waals surface area contributed by atoms with Crippen LogP contribution in [0.1, 0.15) is 27.2 Å². The van der Waals surface area contributed by atoms with E-state index in [1.807, 2.05) is 20.8 Å². The number of amides is 1. The highest BCUT2D eigenvalue weighted by Crippen LogP contribution is 2.05. The Labute approximate surface area is 94.4 Å². The maximum Gasteiger partial charge on any atom is 0.237 e. The molecule has 4 atom stereocenters. The van der Waals surface area contributed by atoms with Crippen molar-refractivity contribution < 1.29 is 9.00 Å². The minimum absolute atomic E-state index is 0.0296. The van der Waals surface area contributed by atoms with Crippen LogP contribution in [0.3, 0.4) is 0 Å². The van der Waals surface area contributed by atoms with Crippen LogP contribution in [0.2, 0.25) is 0 Å². The molecule has 0 heterocycles. The van der Waals surface area contributed by atoms with Gasteiger partial charge in [-0.2, -0.15) is 0 Å². The van der Waals surface area contributed by atoms with E-state index >= 15 is 0 Å². The predicted octanol–water partition coefficient (Wildman–Crippen LogP) is 0.243. The van der Waals surface area contributed by atoms with Crippen molar-refractivity contribution in [3.05, 3.63) is 0 Å². The fourth-order valence-corrected chi connectivity index (χ4v) is 1.31. The molecule has 90 valence electrons. The van der Waals surface area contributed by atoms with E-state index in [4.69, 9.17) is 5.73 Å². The third kappa shape index (κ3) is 5.28. The summed E-state index contributed by atoms with van der Waals surface area (Å²) >= 11 is 0. The lowest BCUT2D eigenvalue weighted by atomic mass is 9.99. The zero-order valence-corrected chi connectivity index (χ0v) is 10.8. The normalized spacial score (nSPS) is 19.0. The number of hydrogen-bond acceptors (Lipinski definition) is 3. The first kappa shape index (κ1) is 14.6. The van der Waals surface area contributed by atoms with Crippen LogP contribution in [0.25, 0.3) is 0 Å². The molecule has 0 bridgehead atoms. The van der Waals surface area contributed by atoms with Crippen molar-refractivity contribution in [1.29, 1.82) is 0 Å². The SMILES string of the molecule is CCC(C)[C@H](N)C(=O)NCC(C)S(C)=O. The van der Waals surface area contributed by atoms with E-state index in [0.29, 0.717) is 6.54 Å². The molecule has 0 aromatic rings. The summed E-state index contributed by atoms with van der Waals surface area (Å²) in [5.41, 5.74) is 5.75. The van der Waals surface area contributed by atoms with Gasteiger partial charge in [-0.1, -0.05) is 20.3 Å². The van der Waals surface area contributed by atoms with E-state index in [2.05, 4.69) is 5.32 Å². The van der Waals surface area contributed by atoms with Crippen LogP contribution in [0.15, 0.2) is 0 Å². The van der Waals surface area contributed by atoms with Crippen molar-refractivity contribution >= 4 is 16.7 Å². The molecule has 0 aliphatic rings. The minimum Gasteiger partial charge on any atom is -0.354 e. The van der Waals surface area contributed by atoms with Gasteiger partial charge in [-0.05, 0) is 12.8 Å². The number of carbonyl (C=O) groups excluding carboxylic acids is 1. The Hall–Kier alpha value is -0.420. The van der Waals surface area contributed by atoms with E-state index in [-0.39, 0.29) is 17.1 Å². The van der Waals surface area contributed by atoms with Crippen LogP contribution in [-0.2, 0) is 15.6 Å². The second-order valence-corrected chi connectivity index (χ2v) is 5.77. The summed E-state index contributed by atoms with van der Waals surface area (Å²) in [6.07, 6.45) is 2.51. The highest BCUT2D eigenvalue weighted by molar-refractivity contribution is 7.84. The predicted molar refractivity (Wildman–Crippen MR) is 64.0 cm³/mol. The molecule has 0 saturated carbocycles. The van der Waals surface area contributed by atoms with E-state index in [1.165, 1.54) is 0 Å². The second-order valence-electron chi connectivity index (χ2n) is 3.97. The zero-order valence-electron chi connectivity index (χ0n) is 9.95. The van der Waals surface area contributed by atoms with Gasteiger partial charge in [0.2, 0.25) is 5.91 Å². The molecule has 5 heteroatoms. The molecular weight excluding hydrogens is 212 g/mol. The van der Waals surface area contributed by atoms with Crippen molar-refractivity contribution in [3.8, 4) is 0 Å². The summed E-state index contributed by atoms with van der Waals surface area (Å²) < 4.78 is 11.0. The molecule has 1 amide bonds. The Kier molecular flexibility index (Phi) is 6.76. The summed E-state index contributed by atoms with van der Waals surface area (Å²) in [6.45, 7) is 6.21. The molecule has 0 aliphatic carbocycles. The van der Waals surface area contributed by atoms with Gasteiger partial charge in [0, 0.05) is 28.9 Å². The lowest BCUT2D eigenvalue weighted by Crippen LogP contribution is -2.46. The summed E-state index contributed by atoms with van der Waals surface area (Å²) in [5.74, 6) is 0.0223. The van der Waals surface area contributed by atoms with E-state index < -0.39 is 16.8 Å². The van der Waals surface area contributed by atoms with Crippen LogP contribution < -0.4 is 11.1 Å². The van der Waals surface area contributed by atoms with Crippen LogP contribution in [0, 0.1) is 5.92 Å². The molecular formula is C10H22N2O2S. The van der Waals surface area contributed by atoms with Crippen LogP contribution in [-0.4, -0.2) is 34.2 Å². The number of nitrogens with one attached hydrogen (secondary N) is 1. The Bertz CT molecular complexity index is 233. The molecule has 3 unspecified atom stereocenters. The highest BCUT2D eigenvalue weighted by atomic mass is 32.2. The van der Waals surface area contributed by atoms with Gasteiger partial charge in [-0.25, -0.2) is 0 Å². The third-order valence-corrected chi connectivity index (χ3v) is 3.99. The van der Waals surface area contributed by atoms with Crippen molar-refractivity contribution in [2.75, 3.05) is 12.8 Å². The monoisotopic (exact) mass is 234 g/mol. The smallest absolute Gasteiger partial charge is 0.237 e. The first-order valence-electron chi connectivity index (χ1n) is 5.25. The van der Waals surface area contributed by atoms with Gasteiger partial charge in [0.15, 0.2) is 0 Å². The highest BCUT2D eigenvalue weighted by Gasteiger charge is 2.19. The van der Waals surface area contributed by atoms with Gasteiger partial charge in [0.1, 0.15) is 0 Å². The summed E-state index contributed by atoms with van der Waals surface area (Å²) in [4.78, 5) is 11.5. The molecule has 0 aliphatic heterocycles. The van der Waals surface area contributed by atoms with Crippen molar-refractivity contribution in [2.45, 2.75) is 38.5 Å². The number of hydrogen-bond donors (Lipinski definition) is 2. The summed E-state index contributed by atoms with van der Waals surface area (Å²) in [7, 11) is -0.908. The number of carbonyl (C=O) groups is 1. The molecule has 0 spiro atoms. The summed E-state index contributed by atoms with van der Waals surface area (Å²) in [5, 5.41) is 2.69. The van der Waals surface area contributed by atoms with Crippen LogP contribution in [0.5, 0.6) is 0 Å². The number of nitrogens with two attached hydrogens (primary N) is 1. The maximum absolute atomic E-state index is 11.5. The van der Waals surface area contributed by atoms with Gasteiger partial charge >= 0.3 is 0 Å². The quantitative estimate of drug-likeness (QED) is 0.691. The second kappa shape index (κ2) is 6.95. The van der Waals surface area contributed by atoms with Crippen molar-refractivity contribution in [1.82, 2.24) is 5.32 Å². The first-order chi connectivity index (χ1) is 6.90. The standard InChI is InChI=1S/C10H22N2O2S/c1-5-7(2)9(11)10(13)12-6-8(3)15(4)14/h7-9H,5-6,11H2,1-4H3,(H,12,13)/t7?,8?,9-,15?/m0/s1. The molecule has 0 fully saturated rings. The molecule has 0 saturated heterocycles. The largest absolute Gasteiger partial charge is 0.354 e. The number of rotatable bonds is 6. The average molecular weight is 234 g/mol. The molecule has 4 nitrogen and oxygen atoms in total. The van der Waals surface area contributed by atoms with Gasteiger partial charge in [0.05, 0.1) is 6.04 Å². The fraction of sp³-hybridized carbons (Fsp3) is 0.900. The topological polar surface area (TPSA) is 72.2 Å². The fourth-order valence-electron chi connectivity index (χ4n) is 0.992. The maximum atomic E-state index is 11.5. The van der Waals surface area contributed by atoms with E-state index in [9.17, 15) is 9.00 Å². The molecule has 15 heavy (non-hydrogen) atoms. The lowest BCUT2D eigenvalue weighted by Gasteiger charge is -2.18. The minimum atomic E-state index is -0.908. The molecule has 0 radical (unpaired) electrons.